The van der Waals surface area contributed by atoms with Crippen molar-refractivity contribution >= 4 is 28.0 Å². The summed E-state index contributed by atoms with van der Waals surface area (Å²) in [6, 6.07) is 31.6. The van der Waals surface area contributed by atoms with Gasteiger partial charge in [0.15, 0.2) is 11.3 Å². The standard InChI is InChI=1S/C39H39N2O2S.3C2H6N.Hf/c1-7-33-35(31-21-14-22-34(42-6)38(31)43-33)32-23-44-39(40-32)37(30-18-12-11-17-29(30)26-15-9-8-10-16-26)41-36-27(24(2)3)19-13-20-28(36)25(4)5;3*1-3-2;/h8-25,37H,7H2,1-6H3;3*1-2H3;/q4*-1;. The van der Waals surface area contributed by atoms with Crippen LogP contribution >= 0.6 is 11.3 Å². The van der Waals surface area contributed by atoms with Crippen molar-refractivity contribution in [2.45, 2.75) is 58.9 Å². The quantitative estimate of drug-likeness (QED) is 0.128. The number of thiazole rings is 1. The Morgan fingerprint density at radius 1 is 0.704 bits per heavy atom. The zero-order valence-corrected chi connectivity index (χ0v) is 38.5. The van der Waals surface area contributed by atoms with Crippen molar-refractivity contribution in [3.05, 3.63) is 145 Å². The monoisotopic (exact) mass is 911 g/mol. The molecule has 7 nitrogen and oxygen atoms in total. The van der Waals surface area contributed by atoms with E-state index in [-0.39, 0.29) is 31.9 Å². The van der Waals surface area contributed by atoms with Crippen molar-refractivity contribution in [2.24, 2.45) is 0 Å². The van der Waals surface area contributed by atoms with E-state index in [2.05, 4.69) is 135 Å². The van der Waals surface area contributed by atoms with Crippen molar-refractivity contribution < 1.29 is 35.0 Å². The molecule has 0 amide bonds. The fourth-order valence-electron chi connectivity index (χ4n) is 6.02. The molecule has 1 unspecified atom stereocenters. The molecular formula is C45H57HfN5O2S-4. The van der Waals surface area contributed by atoms with Gasteiger partial charge in [-0.2, -0.15) is 42.3 Å². The largest absolute Gasteiger partial charge is 0.672 e. The minimum atomic E-state index is -0.291. The number of para-hydroxylation sites is 2. The maximum Gasteiger partial charge on any atom is 0.176 e. The van der Waals surface area contributed by atoms with Gasteiger partial charge in [0.05, 0.1) is 23.4 Å². The van der Waals surface area contributed by atoms with Crippen molar-refractivity contribution in [2.75, 3.05) is 49.4 Å². The summed E-state index contributed by atoms with van der Waals surface area (Å²) in [5, 5.41) is 20.3. The first-order chi connectivity index (χ1) is 25.6. The van der Waals surface area contributed by atoms with Crippen LogP contribution in [0.5, 0.6) is 5.75 Å². The normalized spacial score (nSPS) is 11.0. The van der Waals surface area contributed by atoms with Gasteiger partial charge in [-0.1, -0.05) is 131 Å². The summed E-state index contributed by atoms with van der Waals surface area (Å²) in [5.74, 6) is 2.31. The third-order valence-electron chi connectivity index (χ3n) is 8.25. The Kier molecular flexibility index (Phi) is 20.7. The van der Waals surface area contributed by atoms with Crippen LogP contribution in [-0.2, 0) is 32.3 Å². The molecule has 54 heavy (non-hydrogen) atoms. The summed E-state index contributed by atoms with van der Waals surface area (Å²) >= 11 is 1.66. The zero-order chi connectivity index (χ0) is 38.9. The molecule has 1 atom stereocenters. The van der Waals surface area contributed by atoms with Crippen LogP contribution in [0.4, 0.5) is 5.69 Å². The molecule has 2 aromatic heterocycles. The Bertz CT molecular complexity index is 1920. The van der Waals surface area contributed by atoms with Crippen LogP contribution in [0.1, 0.15) is 80.0 Å². The summed E-state index contributed by atoms with van der Waals surface area (Å²) in [4.78, 5) is 5.35. The van der Waals surface area contributed by atoms with Crippen LogP contribution in [0.25, 0.3) is 54.6 Å². The topological polar surface area (TPSA) is 91.7 Å². The smallest absolute Gasteiger partial charge is 0.176 e. The third-order valence-corrected chi connectivity index (χ3v) is 9.14. The molecular weight excluding hydrogens is 853 g/mol. The predicted molar refractivity (Wildman–Crippen MR) is 230 cm³/mol. The molecule has 0 spiro atoms. The number of hydrogen-bond acceptors (Lipinski definition) is 4. The molecule has 0 aliphatic carbocycles. The molecule has 6 aromatic rings. The third kappa shape index (κ3) is 11.7. The molecule has 0 bridgehead atoms. The first-order valence-corrected chi connectivity index (χ1v) is 19.0. The molecule has 0 aliphatic heterocycles. The molecule has 0 radical (unpaired) electrons. The SMILES string of the molecule is CCc1oc2c(OC)cccc2c1-c1csc(C([N-]c2c(C(C)C)cccc2C(C)C)c2ccccc2-c2ccccc2)n1.C[N-]C.C[N-]C.C[N-]C.[Hf]. The fraction of sp³-hybridized carbons (Fsp3) is 0.356. The Labute approximate surface area is 347 Å². The van der Waals surface area contributed by atoms with E-state index in [4.69, 9.17) is 19.5 Å². The van der Waals surface area contributed by atoms with Crippen LogP contribution < -0.4 is 4.74 Å². The number of methoxy groups -OCH3 is 1. The van der Waals surface area contributed by atoms with E-state index in [1.54, 1.807) is 60.7 Å². The molecule has 9 heteroatoms. The van der Waals surface area contributed by atoms with Gasteiger partial charge >= 0.3 is 0 Å². The maximum absolute atomic E-state index is 6.35. The van der Waals surface area contributed by atoms with Gasteiger partial charge in [0.25, 0.3) is 0 Å². The molecule has 0 saturated heterocycles. The van der Waals surface area contributed by atoms with Crippen molar-refractivity contribution in [3.63, 3.8) is 0 Å². The van der Waals surface area contributed by atoms with Crippen LogP contribution in [0.3, 0.4) is 0 Å². The summed E-state index contributed by atoms with van der Waals surface area (Å²) < 4.78 is 12.0. The molecule has 4 aromatic carbocycles. The molecule has 0 aliphatic rings. The minimum Gasteiger partial charge on any atom is -0.672 e. The molecule has 0 N–H and O–H groups in total. The zero-order valence-electron chi connectivity index (χ0n) is 34.1. The van der Waals surface area contributed by atoms with E-state index in [1.807, 2.05) is 12.1 Å². The van der Waals surface area contributed by atoms with Crippen LogP contribution in [-0.4, -0.2) is 54.4 Å². The van der Waals surface area contributed by atoms with Gasteiger partial charge in [0.1, 0.15) is 5.76 Å². The number of fused-ring (bicyclic) bond motifs is 1. The number of ether oxygens (including phenoxy) is 1. The summed E-state index contributed by atoms with van der Waals surface area (Å²) in [6.45, 7) is 11.1. The molecule has 0 fully saturated rings. The molecule has 0 saturated carbocycles. The Balaban J connectivity index is 0.000000920. The second-order valence-electron chi connectivity index (χ2n) is 13.1. The van der Waals surface area contributed by atoms with E-state index in [9.17, 15) is 0 Å². The van der Waals surface area contributed by atoms with Crippen molar-refractivity contribution in [3.8, 4) is 28.1 Å². The molecule has 2 heterocycles. The Morgan fingerprint density at radius 3 is 1.80 bits per heavy atom. The Hall–Kier alpha value is -3.60. The van der Waals surface area contributed by atoms with Crippen LogP contribution in [0, 0.1) is 0 Å². The average molecular weight is 911 g/mol. The van der Waals surface area contributed by atoms with E-state index in [1.165, 1.54) is 22.3 Å². The summed E-state index contributed by atoms with van der Waals surface area (Å²) in [5.41, 5.74) is 9.78. The Morgan fingerprint density at radius 2 is 1.24 bits per heavy atom. The van der Waals surface area contributed by atoms with E-state index in [0.717, 1.165) is 56.4 Å². The first-order valence-electron chi connectivity index (χ1n) is 18.1. The van der Waals surface area contributed by atoms with Gasteiger partial charge in [0, 0.05) is 43.0 Å². The predicted octanol–water partition coefficient (Wildman–Crippen LogP) is 13.7. The van der Waals surface area contributed by atoms with Gasteiger partial charge in [-0.3, -0.25) is 0 Å². The van der Waals surface area contributed by atoms with E-state index < -0.39 is 0 Å². The number of rotatable bonds is 10. The van der Waals surface area contributed by atoms with E-state index in [0.29, 0.717) is 11.8 Å². The number of furan rings is 1. The fourth-order valence-corrected chi connectivity index (χ4v) is 6.89. The second kappa shape index (κ2) is 24.0. The van der Waals surface area contributed by atoms with Gasteiger partial charge in [-0.05, 0) is 40.6 Å². The van der Waals surface area contributed by atoms with Gasteiger partial charge in [0.2, 0.25) is 0 Å². The number of nitrogens with zero attached hydrogens (tertiary/aromatic N) is 5. The number of aryl methyl sites for hydroxylation is 1. The van der Waals surface area contributed by atoms with Gasteiger partial charge in [-0.15, -0.1) is 17.0 Å². The first kappa shape index (κ1) is 46.6. The van der Waals surface area contributed by atoms with Gasteiger partial charge in [-0.25, -0.2) is 4.98 Å². The summed E-state index contributed by atoms with van der Waals surface area (Å²) in [6.07, 6.45) is 0.754. The number of hydrogen-bond donors (Lipinski definition) is 0. The van der Waals surface area contributed by atoms with Crippen molar-refractivity contribution in [1.29, 1.82) is 0 Å². The van der Waals surface area contributed by atoms with Gasteiger partial charge < -0.3 is 30.4 Å². The second-order valence-corrected chi connectivity index (χ2v) is 14.0. The number of aromatic nitrogens is 1. The number of benzene rings is 4. The van der Waals surface area contributed by atoms with E-state index >= 15 is 0 Å². The van der Waals surface area contributed by atoms with Crippen LogP contribution in [0.15, 0.2) is 101 Å². The van der Waals surface area contributed by atoms with Crippen LogP contribution in [0.2, 0.25) is 0 Å². The minimum absolute atomic E-state index is 0. The van der Waals surface area contributed by atoms with Crippen molar-refractivity contribution in [1.82, 2.24) is 4.98 Å². The molecule has 288 valence electrons. The molecule has 6 rings (SSSR count). The summed E-state index contributed by atoms with van der Waals surface area (Å²) in [7, 11) is 12.2. The average Bonchev–Trinajstić information content (AvgIpc) is 3.80. The maximum atomic E-state index is 6.35.